The van der Waals surface area contributed by atoms with Crippen molar-refractivity contribution in [2.24, 2.45) is 0 Å². The summed E-state index contributed by atoms with van der Waals surface area (Å²) in [6.45, 7) is 12.4. The molecule has 0 saturated carbocycles. The van der Waals surface area contributed by atoms with E-state index < -0.39 is 0 Å². The van der Waals surface area contributed by atoms with Crippen LogP contribution in [-0.4, -0.2) is 48.8 Å². The molecule has 1 unspecified atom stereocenters. The third-order valence-corrected chi connectivity index (χ3v) is 3.66. The topological polar surface area (TPSA) is 48.3 Å². The monoisotopic (exact) mass is 267 g/mol. The molecule has 110 valence electrons. The lowest BCUT2D eigenvalue weighted by atomic mass is 9.97. The van der Waals surface area contributed by atoms with Crippen molar-refractivity contribution in [3.05, 3.63) is 0 Å². The Hall–Kier alpha value is -0.630. The molecule has 0 aromatic carbocycles. The number of hydrogen-bond donors (Lipinski definition) is 1. The minimum Gasteiger partial charge on any atom is -0.373 e. The molecule has 1 saturated heterocycles. The average Bonchev–Trinajstić information content (AvgIpc) is 2.35. The van der Waals surface area contributed by atoms with Gasteiger partial charge in [0.05, 0.1) is 18.3 Å². The lowest BCUT2D eigenvalue weighted by Gasteiger charge is -2.35. The van der Waals surface area contributed by atoms with Gasteiger partial charge in [0.25, 0.3) is 0 Å². The highest BCUT2D eigenvalue weighted by Crippen LogP contribution is 2.15. The maximum atomic E-state index is 9.29. The number of nitriles is 1. The summed E-state index contributed by atoms with van der Waals surface area (Å²) in [6.07, 6.45) is 3.67. The lowest BCUT2D eigenvalue weighted by molar-refractivity contribution is -0.0683. The van der Waals surface area contributed by atoms with Crippen molar-refractivity contribution < 1.29 is 4.74 Å². The number of nitrogens with zero attached hydrogens (tertiary/aromatic N) is 2. The summed E-state index contributed by atoms with van der Waals surface area (Å²) in [5.74, 6) is 0. The molecule has 4 nitrogen and oxygen atoms in total. The van der Waals surface area contributed by atoms with E-state index in [9.17, 15) is 5.26 Å². The number of morpholine rings is 1. The second kappa shape index (κ2) is 7.84. The Kier molecular flexibility index (Phi) is 6.78. The predicted octanol–water partition coefficient (Wildman–Crippen LogP) is 2.16. The van der Waals surface area contributed by atoms with Gasteiger partial charge in [-0.1, -0.05) is 6.92 Å². The minimum atomic E-state index is -0.375. The molecule has 0 aromatic heterocycles. The van der Waals surface area contributed by atoms with Crippen molar-refractivity contribution in [3.8, 4) is 6.07 Å². The first-order valence-electron chi connectivity index (χ1n) is 7.53. The zero-order valence-electron chi connectivity index (χ0n) is 12.9. The molecule has 0 aliphatic carbocycles. The Balaban J connectivity index is 2.30. The maximum Gasteiger partial charge on any atom is 0.103 e. The molecule has 0 radical (unpaired) electrons. The van der Waals surface area contributed by atoms with Crippen molar-refractivity contribution in [1.29, 1.82) is 5.26 Å². The summed E-state index contributed by atoms with van der Waals surface area (Å²) in [5, 5.41) is 12.6. The SMILES string of the molecule is CCCNC(C)(C#N)CCCN1C[C@@H](C)O[C@@H](C)C1. The van der Waals surface area contributed by atoms with Crippen molar-refractivity contribution in [2.45, 2.75) is 64.7 Å². The summed E-state index contributed by atoms with van der Waals surface area (Å²) < 4.78 is 5.73. The predicted molar refractivity (Wildman–Crippen MR) is 78.0 cm³/mol. The highest BCUT2D eigenvalue weighted by molar-refractivity contribution is 5.03. The molecule has 3 atom stereocenters. The fourth-order valence-electron chi connectivity index (χ4n) is 2.71. The van der Waals surface area contributed by atoms with E-state index in [-0.39, 0.29) is 5.54 Å². The number of ether oxygens (including phenoxy) is 1. The first-order chi connectivity index (χ1) is 8.99. The average molecular weight is 267 g/mol. The Morgan fingerprint density at radius 2 is 2.00 bits per heavy atom. The lowest BCUT2D eigenvalue weighted by Crippen LogP contribution is -2.46. The second-order valence-corrected chi connectivity index (χ2v) is 5.99. The van der Waals surface area contributed by atoms with Crippen LogP contribution in [0.4, 0.5) is 0 Å². The first-order valence-corrected chi connectivity index (χ1v) is 7.53. The molecule has 1 rings (SSSR count). The fourth-order valence-corrected chi connectivity index (χ4v) is 2.71. The molecular weight excluding hydrogens is 238 g/mol. The van der Waals surface area contributed by atoms with Gasteiger partial charge in [-0.15, -0.1) is 0 Å². The Bertz CT molecular complexity index is 292. The zero-order valence-corrected chi connectivity index (χ0v) is 12.9. The van der Waals surface area contributed by atoms with Crippen LogP contribution in [0.5, 0.6) is 0 Å². The molecule has 1 fully saturated rings. The van der Waals surface area contributed by atoms with Crippen LogP contribution in [0.2, 0.25) is 0 Å². The normalized spacial score (nSPS) is 27.7. The van der Waals surface area contributed by atoms with Crippen LogP contribution in [0, 0.1) is 11.3 Å². The number of hydrogen-bond acceptors (Lipinski definition) is 4. The molecule has 19 heavy (non-hydrogen) atoms. The molecule has 1 aliphatic heterocycles. The number of rotatable bonds is 7. The third-order valence-electron chi connectivity index (χ3n) is 3.66. The zero-order chi connectivity index (χ0) is 14.3. The summed E-state index contributed by atoms with van der Waals surface area (Å²) in [7, 11) is 0. The van der Waals surface area contributed by atoms with Gasteiger partial charge in [-0.25, -0.2) is 0 Å². The maximum absolute atomic E-state index is 9.29. The molecule has 0 amide bonds. The molecule has 1 N–H and O–H groups in total. The van der Waals surface area contributed by atoms with Crippen LogP contribution in [0.15, 0.2) is 0 Å². The molecule has 0 bridgehead atoms. The van der Waals surface area contributed by atoms with E-state index in [1.807, 2.05) is 6.92 Å². The Morgan fingerprint density at radius 3 is 2.53 bits per heavy atom. The molecule has 1 aliphatic rings. The van der Waals surface area contributed by atoms with E-state index in [1.54, 1.807) is 0 Å². The van der Waals surface area contributed by atoms with E-state index in [2.05, 4.69) is 37.1 Å². The standard InChI is InChI=1S/C15H29N3O/c1-5-8-17-15(4,12-16)7-6-9-18-10-13(2)19-14(3)11-18/h13-14,17H,5-11H2,1-4H3/t13-,14+,15?. The van der Waals surface area contributed by atoms with Gasteiger partial charge in [0.15, 0.2) is 0 Å². The van der Waals surface area contributed by atoms with Crippen molar-refractivity contribution in [1.82, 2.24) is 10.2 Å². The Morgan fingerprint density at radius 1 is 1.37 bits per heavy atom. The highest BCUT2D eigenvalue weighted by Gasteiger charge is 2.25. The van der Waals surface area contributed by atoms with Crippen LogP contribution in [0.25, 0.3) is 0 Å². The van der Waals surface area contributed by atoms with Crippen molar-refractivity contribution in [2.75, 3.05) is 26.2 Å². The van der Waals surface area contributed by atoms with Gasteiger partial charge in [0.2, 0.25) is 0 Å². The van der Waals surface area contributed by atoms with Crippen LogP contribution in [-0.2, 0) is 4.74 Å². The minimum absolute atomic E-state index is 0.323. The van der Waals surface area contributed by atoms with Gasteiger partial charge in [-0.05, 0) is 53.1 Å². The van der Waals surface area contributed by atoms with Gasteiger partial charge in [-0.3, -0.25) is 10.2 Å². The molecule has 0 spiro atoms. The summed E-state index contributed by atoms with van der Waals surface area (Å²) in [5.41, 5.74) is -0.375. The summed E-state index contributed by atoms with van der Waals surface area (Å²) in [4.78, 5) is 2.45. The first kappa shape index (κ1) is 16.4. The summed E-state index contributed by atoms with van der Waals surface area (Å²) >= 11 is 0. The van der Waals surface area contributed by atoms with Crippen LogP contribution in [0.1, 0.15) is 47.0 Å². The smallest absolute Gasteiger partial charge is 0.103 e. The van der Waals surface area contributed by atoms with Crippen LogP contribution < -0.4 is 5.32 Å². The summed E-state index contributed by atoms with van der Waals surface area (Å²) in [6, 6.07) is 2.41. The van der Waals surface area contributed by atoms with E-state index in [1.165, 1.54) is 0 Å². The molecule has 4 heteroatoms. The van der Waals surface area contributed by atoms with Gasteiger partial charge in [-0.2, -0.15) is 5.26 Å². The largest absolute Gasteiger partial charge is 0.373 e. The van der Waals surface area contributed by atoms with Crippen LogP contribution >= 0.6 is 0 Å². The van der Waals surface area contributed by atoms with E-state index in [0.717, 1.165) is 45.4 Å². The number of nitrogens with one attached hydrogen (secondary N) is 1. The third kappa shape index (κ3) is 5.90. The fraction of sp³-hybridized carbons (Fsp3) is 0.933. The molecular formula is C15H29N3O. The van der Waals surface area contributed by atoms with Gasteiger partial charge in [0, 0.05) is 13.1 Å². The molecule has 1 heterocycles. The van der Waals surface area contributed by atoms with E-state index >= 15 is 0 Å². The van der Waals surface area contributed by atoms with E-state index in [4.69, 9.17) is 4.74 Å². The second-order valence-electron chi connectivity index (χ2n) is 5.99. The van der Waals surface area contributed by atoms with Crippen molar-refractivity contribution in [3.63, 3.8) is 0 Å². The van der Waals surface area contributed by atoms with Gasteiger partial charge >= 0.3 is 0 Å². The van der Waals surface area contributed by atoms with Gasteiger partial charge < -0.3 is 4.74 Å². The molecule has 0 aromatic rings. The highest BCUT2D eigenvalue weighted by atomic mass is 16.5. The van der Waals surface area contributed by atoms with Gasteiger partial charge in [0.1, 0.15) is 5.54 Å². The van der Waals surface area contributed by atoms with Crippen LogP contribution in [0.3, 0.4) is 0 Å². The van der Waals surface area contributed by atoms with Crippen molar-refractivity contribution >= 4 is 0 Å². The quantitative estimate of drug-likeness (QED) is 0.768. The Labute approximate surface area is 118 Å². The van der Waals surface area contributed by atoms with E-state index in [0.29, 0.717) is 12.2 Å².